The number of nitrogens with one attached hydrogen (secondary N) is 2. The Kier molecular flexibility index (Phi) is 6.77. The minimum atomic E-state index is -4.46. The Morgan fingerprint density at radius 3 is 2.78 bits per heavy atom. The minimum Gasteiger partial charge on any atom is -0.338 e. The Morgan fingerprint density at radius 2 is 1.97 bits per heavy atom. The second-order valence-corrected chi connectivity index (χ2v) is 10.5. The number of alkyl halides is 3. The summed E-state index contributed by atoms with van der Waals surface area (Å²) in [7, 11) is 0. The maximum Gasteiger partial charge on any atom is 0.416 e. The molecule has 0 saturated heterocycles. The van der Waals surface area contributed by atoms with Gasteiger partial charge >= 0.3 is 6.18 Å². The van der Waals surface area contributed by atoms with E-state index < -0.39 is 11.7 Å². The minimum absolute atomic E-state index is 0.00755. The number of thioether (sulfide) groups is 1. The van der Waals surface area contributed by atoms with Crippen LogP contribution >= 0.6 is 46.3 Å². The molecule has 0 spiro atoms. The van der Waals surface area contributed by atoms with Gasteiger partial charge in [-0.25, -0.2) is 9.97 Å². The highest BCUT2D eigenvalue weighted by Crippen LogP contribution is 2.33. The van der Waals surface area contributed by atoms with Crippen LogP contribution in [0.1, 0.15) is 16.0 Å². The molecule has 5 aromatic rings. The van der Waals surface area contributed by atoms with Crippen molar-refractivity contribution in [3.8, 4) is 0 Å². The van der Waals surface area contributed by atoms with Crippen molar-refractivity contribution in [3.05, 3.63) is 68.6 Å². The van der Waals surface area contributed by atoms with E-state index in [0.717, 1.165) is 46.1 Å². The number of aromatic nitrogens is 5. The molecule has 0 fully saturated rings. The van der Waals surface area contributed by atoms with E-state index in [1.807, 2.05) is 6.07 Å². The van der Waals surface area contributed by atoms with E-state index in [0.29, 0.717) is 36.9 Å². The number of nitrogens with zero attached hydrogens (tertiary/aromatic N) is 4. The van der Waals surface area contributed by atoms with Gasteiger partial charge in [0.2, 0.25) is 11.1 Å². The quantitative estimate of drug-likeness (QED) is 0.224. The number of hydrogen-bond acceptors (Lipinski definition) is 7. The van der Waals surface area contributed by atoms with Crippen molar-refractivity contribution in [2.24, 2.45) is 0 Å². The number of aromatic amines is 1. The summed E-state index contributed by atoms with van der Waals surface area (Å²) in [6.07, 6.45) is -2.82. The normalized spacial score (nSPS) is 11.9. The number of rotatable bonds is 6. The van der Waals surface area contributed by atoms with E-state index >= 15 is 0 Å². The fourth-order valence-corrected chi connectivity index (χ4v) is 5.19. The van der Waals surface area contributed by atoms with Gasteiger partial charge in [0.1, 0.15) is 5.52 Å². The van der Waals surface area contributed by atoms with E-state index in [1.165, 1.54) is 12.3 Å². The summed E-state index contributed by atoms with van der Waals surface area (Å²) in [6.45, 7) is 0. The molecule has 1 amide bonds. The van der Waals surface area contributed by atoms with Gasteiger partial charge in [-0.1, -0.05) is 35.0 Å². The average molecular weight is 569 g/mol. The zero-order valence-corrected chi connectivity index (χ0v) is 21.0. The molecule has 0 aliphatic heterocycles. The van der Waals surface area contributed by atoms with Crippen molar-refractivity contribution in [2.75, 3.05) is 11.1 Å². The second-order valence-electron chi connectivity index (χ2n) is 7.56. The van der Waals surface area contributed by atoms with Crippen LogP contribution in [0.2, 0.25) is 10.0 Å². The number of carbonyl (C=O) groups excluding carboxylic acids is 1. The van der Waals surface area contributed by atoms with Crippen molar-refractivity contribution in [2.45, 2.75) is 17.8 Å². The first kappa shape index (κ1) is 24.8. The first-order chi connectivity index (χ1) is 17.2. The molecule has 184 valence electrons. The Balaban J connectivity index is 1.21. The number of amides is 1. The van der Waals surface area contributed by atoms with Crippen LogP contribution in [0.4, 0.5) is 18.3 Å². The van der Waals surface area contributed by atoms with Crippen LogP contribution in [0.3, 0.4) is 0 Å². The molecule has 7 nitrogen and oxygen atoms in total. The molecule has 0 unspecified atom stereocenters. The lowest BCUT2D eigenvalue weighted by Crippen LogP contribution is -2.14. The summed E-state index contributed by atoms with van der Waals surface area (Å²) in [4.78, 5) is 24.7. The molecular weight excluding hydrogens is 556 g/mol. The summed E-state index contributed by atoms with van der Waals surface area (Å²) in [5, 5.41) is 13.2. The predicted octanol–water partition coefficient (Wildman–Crippen LogP) is 6.61. The average Bonchev–Trinajstić information content (AvgIpc) is 3.41. The molecule has 0 radical (unpaired) electrons. The van der Waals surface area contributed by atoms with Crippen LogP contribution < -0.4 is 5.32 Å². The van der Waals surface area contributed by atoms with Gasteiger partial charge in [0.05, 0.1) is 11.3 Å². The van der Waals surface area contributed by atoms with Crippen LogP contribution in [-0.4, -0.2) is 36.8 Å². The first-order valence-corrected chi connectivity index (χ1v) is 12.8. The molecule has 3 aromatic heterocycles. The highest BCUT2D eigenvalue weighted by atomic mass is 35.5. The molecule has 0 aliphatic rings. The number of anilines is 1. The number of H-pyrrole nitrogens is 1. The maximum atomic E-state index is 13.0. The van der Waals surface area contributed by atoms with Gasteiger partial charge in [-0.3, -0.25) is 4.79 Å². The lowest BCUT2D eigenvalue weighted by Gasteiger charge is -2.09. The van der Waals surface area contributed by atoms with Crippen LogP contribution in [0, 0.1) is 0 Å². The van der Waals surface area contributed by atoms with Crippen molar-refractivity contribution >= 4 is 79.4 Å². The topological polar surface area (TPSA) is 96.5 Å². The van der Waals surface area contributed by atoms with Gasteiger partial charge in [0.15, 0.2) is 10.8 Å². The summed E-state index contributed by atoms with van der Waals surface area (Å²) in [5.41, 5.74) is 1.48. The van der Waals surface area contributed by atoms with E-state index in [-0.39, 0.29) is 23.1 Å². The van der Waals surface area contributed by atoms with Gasteiger partial charge in [-0.2, -0.15) is 13.2 Å². The van der Waals surface area contributed by atoms with Gasteiger partial charge in [0.25, 0.3) is 0 Å². The van der Waals surface area contributed by atoms with Crippen LogP contribution in [0.5, 0.6) is 0 Å². The standard InChI is InChI=1S/C22H13Cl2F3N6OS2/c23-12-2-4-16-14(7-12)18-19(29-16)31-21(33-32-18)35-9-17(34)30-20-28-8-13(36-20)6-10-5-11(22(25,26)27)1-3-15(10)24/h1-5,7-8H,6,9H2,(H,28,30,34)(H,29,31,33). The van der Waals surface area contributed by atoms with Crippen LogP contribution in [0.15, 0.2) is 47.8 Å². The second kappa shape index (κ2) is 9.85. The number of thiazole rings is 1. The molecule has 14 heteroatoms. The Hall–Kier alpha value is -2.93. The largest absolute Gasteiger partial charge is 0.416 e. The Labute approximate surface area is 219 Å². The lowest BCUT2D eigenvalue weighted by atomic mass is 10.1. The van der Waals surface area contributed by atoms with E-state index in [1.54, 1.807) is 12.1 Å². The van der Waals surface area contributed by atoms with Gasteiger partial charge in [-0.05, 0) is 42.0 Å². The summed E-state index contributed by atoms with van der Waals surface area (Å²) in [5.74, 6) is -0.335. The monoisotopic (exact) mass is 568 g/mol. The highest BCUT2D eigenvalue weighted by molar-refractivity contribution is 7.99. The van der Waals surface area contributed by atoms with E-state index in [9.17, 15) is 18.0 Å². The molecule has 0 bridgehead atoms. The predicted molar refractivity (Wildman–Crippen MR) is 135 cm³/mol. The third-order valence-corrected chi connectivity index (χ3v) is 7.38. The van der Waals surface area contributed by atoms with Gasteiger partial charge in [0, 0.05) is 38.4 Å². The van der Waals surface area contributed by atoms with Crippen molar-refractivity contribution in [1.29, 1.82) is 0 Å². The summed E-state index contributed by atoms with van der Waals surface area (Å²) < 4.78 is 39.0. The van der Waals surface area contributed by atoms with Crippen molar-refractivity contribution in [3.63, 3.8) is 0 Å². The summed E-state index contributed by atoms with van der Waals surface area (Å²) >= 11 is 14.4. The molecule has 5 rings (SSSR count). The molecule has 36 heavy (non-hydrogen) atoms. The Bertz CT molecular complexity index is 1600. The zero-order chi connectivity index (χ0) is 25.4. The molecule has 0 saturated carbocycles. The molecule has 0 aliphatic carbocycles. The van der Waals surface area contributed by atoms with Crippen LogP contribution in [-0.2, 0) is 17.4 Å². The number of halogens is 5. The smallest absolute Gasteiger partial charge is 0.338 e. The van der Waals surface area contributed by atoms with Crippen molar-refractivity contribution in [1.82, 2.24) is 25.1 Å². The zero-order valence-electron chi connectivity index (χ0n) is 17.9. The lowest BCUT2D eigenvalue weighted by molar-refractivity contribution is -0.137. The number of benzene rings is 2. The van der Waals surface area contributed by atoms with E-state index in [4.69, 9.17) is 23.2 Å². The Morgan fingerprint density at radius 1 is 1.14 bits per heavy atom. The number of carbonyl (C=O) groups is 1. The number of hydrogen-bond donors (Lipinski definition) is 2. The third-order valence-electron chi connectivity index (χ3n) is 5.03. The van der Waals surface area contributed by atoms with Gasteiger partial charge < -0.3 is 10.3 Å². The fraction of sp³-hybridized carbons (Fsp3) is 0.136. The molecule has 2 N–H and O–H groups in total. The van der Waals surface area contributed by atoms with Crippen molar-refractivity contribution < 1.29 is 18.0 Å². The fourth-order valence-electron chi connectivity index (χ4n) is 3.40. The van der Waals surface area contributed by atoms with E-state index in [2.05, 4.69) is 30.5 Å². The van der Waals surface area contributed by atoms with Gasteiger partial charge in [-0.15, -0.1) is 21.5 Å². The van der Waals surface area contributed by atoms with Crippen LogP contribution in [0.25, 0.3) is 22.1 Å². The highest BCUT2D eigenvalue weighted by Gasteiger charge is 2.31. The SMILES string of the molecule is O=C(CSc1nnc2c(n1)[nH]c1ccc(Cl)cc12)Nc1ncc(Cc2cc(C(F)(F)F)ccc2Cl)s1. The maximum absolute atomic E-state index is 13.0. The number of fused-ring (bicyclic) bond motifs is 3. The molecule has 2 aromatic carbocycles. The third kappa shape index (κ3) is 5.41. The molecule has 0 atom stereocenters. The molecule has 3 heterocycles. The molecular formula is C22H13Cl2F3N6OS2. The summed E-state index contributed by atoms with van der Waals surface area (Å²) in [6, 6.07) is 8.53. The first-order valence-electron chi connectivity index (χ1n) is 10.2.